The van der Waals surface area contributed by atoms with Gasteiger partial charge in [0, 0.05) is 18.5 Å². The molecule has 1 aliphatic heterocycles. The molecule has 8 heteroatoms. The molecule has 8 nitrogen and oxygen atoms in total. The number of allylic oxidation sites excluding steroid dienone is 1. The van der Waals surface area contributed by atoms with Crippen molar-refractivity contribution in [2.75, 3.05) is 13.2 Å². The van der Waals surface area contributed by atoms with Gasteiger partial charge in [-0.1, -0.05) is 32.4 Å². The molecule has 0 aromatic carbocycles. The maximum absolute atomic E-state index is 12.8. The van der Waals surface area contributed by atoms with E-state index in [1.54, 1.807) is 0 Å². The van der Waals surface area contributed by atoms with E-state index in [4.69, 9.17) is 15.2 Å². The van der Waals surface area contributed by atoms with E-state index in [9.17, 15) is 24.9 Å². The second kappa shape index (κ2) is 10.8. The van der Waals surface area contributed by atoms with E-state index in [2.05, 4.69) is 26.8 Å². The average Bonchev–Trinajstić information content (AvgIpc) is 3.16. The fourth-order valence-corrected chi connectivity index (χ4v) is 10.2. The minimum absolute atomic E-state index is 0.0394. The van der Waals surface area contributed by atoms with Crippen LogP contribution < -0.4 is 5.73 Å². The number of nitrogens with two attached hydrogens (primary N) is 1. The number of fused-ring (bicyclic) bond motifs is 5. The van der Waals surface area contributed by atoms with Gasteiger partial charge in [0.05, 0.1) is 25.4 Å². The molecule has 0 aromatic rings. The summed E-state index contributed by atoms with van der Waals surface area (Å²) in [5, 5.41) is 33.0. The van der Waals surface area contributed by atoms with Gasteiger partial charge in [-0.3, -0.25) is 4.79 Å². The van der Waals surface area contributed by atoms with Gasteiger partial charge in [-0.2, -0.15) is 0 Å². The molecule has 5 rings (SSSR count). The van der Waals surface area contributed by atoms with Gasteiger partial charge in [0.2, 0.25) is 0 Å². The molecule has 5 aliphatic rings. The summed E-state index contributed by atoms with van der Waals surface area (Å²) in [4.78, 5) is 25.1. The molecule has 4 aliphatic carbocycles. The van der Waals surface area contributed by atoms with Gasteiger partial charge in [0.25, 0.3) is 0 Å². The van der Waals surface area contributed by atoms with E-state index in [1.165, 1.54) is 12.5 Å². The monoisotopic (exact) mass is 559 g/mol. The summed E-state index contributed by atoms with van der Waals surface area (Å²) >= 11 is 0. The van der Waals surface area contributed by atoms with Crippen LogP contribution in [0.1, 0.15) is 91.9 Å². The Balaban J connectivity index is 1.54. The first-order valence-electron chi connectivity index (χ1n) is 15.3. The van der Waals surface area contributed by atoms with E-state index in [0.717, 1.165) is 32.1 Å². The highest BCUT2D eigenvalue weighted by molar-refractivity contribution is 5.88. The molecule has 0 radical (unpaired) electrons. The van der Waals surface area contributed by atoms with Crippen LogP contribution in [0.5, 0.6) is 0 Å². The SMILES string of the molecule is CC(=O)O[C@H]1C[C@@]2(C)[C@@H](C[C@@H](O)[C@H]3[C@@]4(C)CC[C@@H](O)[C@@H](N)[C@@H]4CC[C@@]32C)/C1=C(\CCC=C1CCOCC1)C(=O)O. The minimum atomic E-state index is -0.966. The zero-order valence-electron chi connectivity index (χ0n) is 24.7. The van der Waals surface area contributed by atoms with Gasteiger partial charge in [0.1, 0.15) is 6.10 Å². The highest BCUT2D eigenvalue weighted by atomic mass is 16.5. The molecule has 0 aromatic heterocycles. The number of carboxylic acids is 1. The summed E-state index contributed by atoms with van der Waals surface area (Å²) < 4.78 is 11.4. The van der Waals surface area contributed by atoms with Crippen molar-refractivity contribution in [1.82, 2.24) is 0 Å². The number of carbonyl (C=O) groups excluding carboxylic acids is 1. The molecular formula is C32H49NO7. The first kappa shape index (κ1) is 29.7. The summed E-state index contributed by atoms with van der Waals surface area (Å²) in [6.07, 6.45) is 7.23. The molecule has 0 bridgehead atoms. The van der Waals surface area contributed by atoms with Crippen molar-refractivity contribution in [2.24, 2.45) is 39.7 Å². The van der Waals surface area contributed by atoms with E-state index < -0.39 is 30.3 Å². The fourth-order valence-electron chi connectivity index (χ4n) is 10.2. The number of carboxylic acid groups (broad SMARTS) is 1. The van der Waals surface area contributed by atoms with E-state index >= 15 is 0 Å². The molecule has 224 valence electrons. The van der Waals surface area contributed by atoms with Crippen molar-refractivity contribution >= 4 is 11.9 Å². The van der Waals surface area contributed by atoms with Gasteiger partial charge in [0.15, 0.2) is 0 Å². The summed E-state index contributed by atoms with van der Waals surface area (Å²) in [5.41, 5.74) is 8.01. The van der Waals surface area contributed by atoms with Crippen LogP contribution in [0, 0.1) is 34.0 Å². The smallest absolute Gasteiger partial charge is 0.331 e. The third-order valence-electron chi connectivity index (χ3n) is 12.3. The van der Waals surface area contributed by atoms with Crippen LogP contribution in [-0.2, 0) is 19.1 Å². The molecule has 1 heterocycles. The zero-order chi connectivity index (χ0) is 29.0. The first-order chi connectivity index (χ1) is 18.8. The number of hydrogen-bond donors (Lipinski definition) is 4. The van der Waals surface area contributed by atoms with Crippen molar-refractivity contribution in [3.8, 4) is 0 Å². The van der Waals surface area contributed by atoms with Crippen LogP contribution >= 0.6 is 0 Å². The van der Waals surface area contributed by atoms with Crippen LogP contribution in [0.3, 0.4) is 0 Å². The van der Waals surface area contributed by atoms with Crippen LogP contribution in [-0.4, -0.2) is 64.8 Å². The summed E-state index contributed by atoms with van der Waals surface area (Å²) in [6, 6.07) is -0.308. The fraction of sp³-hybridized carbons (Fsp3) is 0.812. The normalized spacial score (nSPS) is 46.1. The Hall–Kier alpha value is -1.74. The highest BCUT2D eigenvalue weighted by Gasteiger charge is 2.71. The Kier molecular flexibility index (Phi) is 8.05. The highest BCUT2D eigenvalue weighted by Crippen LogP contribution is 2.74. The zero-order valence-corrected chi connectivity index (χ0v) is 24.7. The van der Waals surface area contributed by atoms with Gasteiger partial charge in [-0.15, -0.1) is 0 Å². The molecule has 10 atom stereocenters. The predicted octanol–water partition coefficient (Wildman–Crippen LogP) is 4.13. The van der Waals surface area contributed by atoms with Crippen LogP contribution in [0.2, 0.25) is 0 Å². The lowest BCUT2D eigenvalue weighted by Gasteiger charge is -2.68. The molecule has 0 spiro atoms. The molecule has 1 saturated heterocycles. The lowest BCUT2D eigenvalue weighted by atomic mass is 9.37. The van der Waals surface area contributed by atoms with Crippen molar-refractivity contribution in [1.29, 1.82) is 0 Å². The van der Waals surface area contributed by atoms with Gasteiger partial charge in [-0.25, -0.2) is 4.79 Å². The topological polar surface area (TPSA) is 139 Å². The molecule has 0 amide bonds. The van der Waals surface area contributed by atoms with Crippen LogP contribution in [0.4, 0.5) is 0 Å². The summed E-state index contributed by atoms with van der Waals surface area (Å²) in [7, 11) is 0. The predicted molar refractivity (Wildman–Crippen MR) is 150 cm³/mol. The van der Waals surface area contributed by atoms with Gasteiger partial charge in [-0.05, 0) is 104 Å². The molecule has 4 saturated carbocycles. The molecule has 5 fully saturated rings. The van der Waals surface area contributed by atoms with Gasteiger partial charge >= 0.3 is 11.9 Å². The molecule has 40 heavy (non-hydrogen) atoms. The van der Waals surface area contributed by atoms with Gasteiger partial charge < -0.3 is 30.5 Å². The van der Waals surface area contributed by atoms with E-state index in [-0.39, 0.29) is 40.0 Å². The largest absolute Gasteiger partial charge is 0.478 e. The third kappa shape index (κ3) is 4.67. The number of aliphatic carboxylic acids is 1. The molecular weight excluding hydrogens is 510 g/mol. The standard InChI is InChI=1S/C32H49NO7/c1-18(34)40-25-17-32(4)22(26(25)20(29(37)38)7-5-6-19-10-14-39-15-11-19)16-24(36)28-30(2)12-9-23(35)27(33)21(30)8-13-31(28,32)3/h6,21-25,27-28,35-36H,5,7-17,33H2,1-4H3,(H,37,38)/b26-20-/t21-,22-,23+,24+,25-,27-,28-,30-,31-,32-/m0/s1. The number of aliphatic hydroxyl groups is 2. The Bertz CT molecular complexity index is 1080. The Labute approximate surface area is 238 Å². The maximum atomic E-state index is 12.8. The van der Waals surface area contributed by atoms with Crippen molar-refractivity contribution < 1.29 is 34.4 Å². The number of aliphatic hydroxyl groups excluding tert-OH is 2. The number of rotatable bonds is 5. The Morgan fingerprint density at radius 1 is 1.07 bits per heavy atom. The van der Waals surface area contributed by atoms with Crippen molar-refractivity contribution in [2.45, 2.75) is 116 Å². The average molecular weight is 560 g/mol. The van der Waals surface area contributed by atoms with Crippen molar-refractivity contribution in [3.63, 3.8) is 0 Å². The van der Waals surface area contributed by atoms with Crippen LogP contribution in [0.15, 0.2) is 22.8 Å². The number of esters is 1. The summed E-state index contributed by atoms with van der Waals surface area (Å²) in [6.45, 7) is 9.56. The Morgan fingerprint density at radius 2 is 1.77 bits per heavy atom. The van der Waals surface area contributed by atoms with E-state index in [0.29, 0.717) is 56.5 Å². The molecule has 5 N–H and O–H groups in total. The number of carbonyl (C=O) groups is 2. The lowest BCUT2D eigenvalue weighted by Crippen LogP contribution is -2.67. The van der Waals surface area contributed by atoms with Crippen molar-refractivity contribution in [3.05, 3.63) is 22.8 Å². The lowest BCUT2D eigenvalue weighted by molar-refractivity contribution is -0.227. The molecule has 0 unspecified atom stereocenters. The number of ether oxygens (including phenoxy) is 2. The maximum Gasteiger partial charge on any atom is 0.331 e. The second-order valence-electron chi connectivity index (χ2n) is 14.1. The quantitative estimate of drug-likeness (QED) is 0.224. The minimum Gasteiger partial charge on any atom is -0.478 e. The summed E-state index contributed by atoms with van der Waals surface area (Å²) in [5.74, 6) is -1.49. The Morgan fingerprint density at radius 3 is 2.42 bits per heavy atom. The first-order valence-corrected chi connectivity index (χ1v) is 15.3. The third-order valence-corrected chi connectivity index (χ3v) is 12.3. The van der Waals surface area contributed by atoms with Crippen LogP contribution in [0.25, 0.3) is 0 Å². The second-order valence-corrected chi connectivity index (χ2v) is 14.1. The number of hydrogen-bond acceptors (Lipinski definition) is 7. The van der Waals surface area contributed by atoms with E-state index in [1.807, 2.05) is 0 Å².